The van der Waals surface area contributed by atoms with Gasteiger partial charge in [-0.1, -0.05) is 6.07 Å². The summed E-state index contributed by atoms with van der Waals surface area (Å²) in [4.78, 5) is 17.9. The standard InChI is InChI=1S/C17H22F3N7O2/c18-17(19,20)16(13-4-1-2-6-21-13)22-15(28)5-3-7-27-14(23-24-25-27)12-26-8-10-29-11-9-26/h1-2,4,6,16H,3,5,7-12H2,(H,22,28)/t16-/m0/s1. The SMILES string of the molecule is O=C(CCCn1nnnc1CN1CCOCC1)N[C@@H](c1ccccn1)C(F)(F)F. The van der Waals surface area contributed by atoms with Gasteiger partial charge in [0.1, 0.15) is 0 Å². The van der Waals surface area contributed by atoms with Gasteiger partial charge >= 0.3 is 6.18 Å². The molecule has 29 heavy (non-hydrogen) atoms. The number of amides is 1. The fourth-order valence-electron chi connectivity index (χ4n) is 2.96. The maximum atomic E-state index is 13.3. The second kappa shape index (κ2) is 9.74. The molecule has 1 aliphatic heterocycles. The highest BCUT2D eigenvalue weighted by atomic mass is 19.4. The fraction of sp³-hybridized carbons (Fsp3) is 0.588. The Morgan fingerprint density at radius 1 is 1.28 bits per heavy atom. The molecule has 9 nitrogen and oxygen atoms in total. The number of pyridine rings is 1. The van der Waals surface area contributed by atoms with Crippen LogP contribution >= 0.6 is 0 Å². The number of tetrazole rings is 1. The van der Waals surface area contributed by atoms with Crippen LogP contribution in [0.25, 0.3) is 0 Å². The number of nitrogens with zero attached hydrogens (tertiary/aromatic N) is 6. The molecule has 1 N–H and O–H groups in total. The minimum atomic E-state index is -4.63. The number of hydrogen-bond donors (Lipinski definition) is 1. The van der Waals surface area contributed by atoms with Crippen molar-refractivity contribution in [3.63, 3.8) is 0 Å². The number of ether oxygens (including phenoxy) is 1. The maximum absolute atomic E-state index is 13.3. The van der Waals surface area contributed by atoms with Crippen molar-refractivity contribution < 1.29 is 22.7 Å². The van der Waals surface area contributed by atoms with Crippen LogP contribution in [0.1, 0.15) is 30.4 Å². The van der Waals surface area contributed by atoms with Gasteiger partial charge in [-0.15, -0.1) is 5.10 Å². The average Bonchev–Trinajstić information content (AvgIpc) is 3.13. The zero-order chi connectivity index (χ0) is 20.7. The Bertz CT molecular complexity index is 779. The largest absolute Gasteiger partial charge is 0.414 e. The van der Waals surface area contributed by atoms with Gasteiger partial charge in [0.25, 0.3) is 0 Å². The summed E-state index contributed by atoms with van der Waals surface area (Å²) in [6.45, 7) is 3.75. The molecule has 0 aromatic carbocycles. The van der Waals surface area contributed by atoms with E-state index in [1.807, 2.05) is 5.32 Å². The smallest absolute Gasteiger partial charge is 0.379 e. The van der Waals surface area contributed by atoms with Gasteiger partial charge < -0.3 is 10.1 Å². The van der Waals surface area contributed by atoms with Crippen molar-refractivity contribution in [1.29, 1.82) is 0 Å². The predicted octanol–water partition coefficient (Wildman–Crippen LogP) is 1.10. The second-order valence-electron chi connectivity index (χ2n) is 6.61. The third kappa shape index (κ3) is 6.19. The number of rotatable bonds is 8. The van der Waals surface area contributed by atoms with E-state index in [-0.39, 0.29) is 12.1 Å². The first-order valence-electron chi connectivity index (χ1n) is 9.25. The van der Waals surface area contributed by atoms with Gasteiger partial charge in [-0.05, 0) is 29.0 Å². The zero-order valence-corrected chi connectivity index (χ0v) is 15.7. The average molecular weight is 413 g/mol. The van der Waals surface area contributed by atoms with Gasteiger partial charge in [0.15, 0.2) is 11.9 Å². The Hall–Kier alpha value is -2.60. The van der Waals surface area contributed by atoms with Gasteiger partial charge in [-0.3, -0.25) is 14.7 Å². The lowest BCUT2D eigenvalue weighted by Gasteiger charge is -2.25. The Kier molecular flexibility index (Phi) is 7.09. The molecule has 0 radical (unpaired) electrons. The molecule has 1 aliphatic rings. The molecule has 2 aromatic heterocycles. The van der Waals surface area contributed by atoms with E-state index < -0.39 is 18.1 Å². The van der Waals surface area contributed by atoms with E-state index in [2.05, 4.69) is 25.4 Å². The van der Waals surface area contributed by atoms with Crippen molar-refractivity contribution in [2.75, 3.05) is 26.3 Å². The highest BCUT2D eigenvalue weighted by Crippen LogP contribution is 2.31. The van der Waals surface area contributed by atoms with Crippen LogP contribution in [0.2, 0.25) is 0 Å². The van der Waals surface area contributed by atoms with Crippen molar-refractivity contribution in [3.8, 4) is 0 Å². The molecule has 1 fully saturated rings. The number of aryl methyl sites for hydroxylation is 1. The molecule has 3 heterocycles. The van der Waals surface area contributed by atoms with Gasteiger partial charge in [0, 0.05) is 32.3 Å². The molecule has 2 aromatic rings. The summed E-state index contributed by atoms with van der Waals surface area (Å²) in [6, 6.07) is 2.05. The lowest BCUT2D eigenvalue weighted by Crippen LogP contribution is -2.38. The monoisotopic (exact) mass is 413 g/mol. The van der Waals surface area contributed by atoms with Crippen LogP contribution in [-0.2, 0) is 22.6 Å². The normalized spacial score (nSPS) is 16.5. The minimum Gasteiger partial charge on any atom is -0.379 e. The number of halogens is 3. The second-order valence-corrected chi connectivity index (χ2v) is 6.61. The first-order valence-corrected chi connectivity index (χ1v) is 9.25. The van der Waals surface area contributed by atoms with Gasteiger partial charge in [0.2, 0.25) is 5.91 Å². The number of hydrogen-bond acceptors (Lipinski definition) is 7. The first kappa shape index (κ1) is 21.1. The number of morpholine rings is 1. The number of carbonyl (C=O) groups excluding carboxylic acids is 1. The van der Waals surface area contributed by atoms with E-state index in [1.165, 1.54) is 24.4 Å². The van der Waals surface area contributed by atoms with Crippen LogP contribution in [0.3, 0.4) is 0 Å². The van der Waals surface area contributed by atoms with Crippen molar-refractivity contribution in [1.82, 2.24) is 35.4 Å². The minimum absolute atomic E-state index is 0.0870. The molecule has 12 heteroatoms. The van der Waals surface area contributed by atoms with Crippen molar-refractivity contribution in [2.45, 2.75) is 38.1 Å². The number of carbonyl (C=O) groups is 1. The number of aromatic nitrogens is 5. The Labute approximate surface area is 165 Å². The van der Waals surface area contributed by atoms with Gasteiger partial charge in [-0.2, -0.15) is 13.2 Å². The molecule has 0 spiro atoms. The van der Waals surface area contributed by atoms with E-state index >= 15 is 0 Å². The van der Waals surface area contributed by atoms with Crippen LogP contribution in [0.15, 0.2) is 24.4 Å². The molecule has 0 saturated carbocycles. The highest BCUT2D eigenvalue weighted by molar-refractivity contribution is 5.76. The number of alkyl halides is 3. The van der Waals surface area contributed by atoms with E-state index in [0.29, 0.717) is 38.5 Å². The molecular weight excluding hydrogens is 391 g/mol. The van der Waals surface area contributed by atoms with E-state index in [9.17, 15) is 18.0 Å². The first-order chi connectivity index (χ1) is 13.9. The maximum Gasteiger partial charge on any atom is 0.414 e. The van der Waals surface area contributed by atoms with Crippen molar-refractivity contribution in [2.24, 2.45) is 0 Å². The molecule has 158 valence electrons. The van der Waals surface area contributed by atoms with Crippen LogP contribution in [0, 0.1) is 0 Å². The van der Waals surface area contributed by atoms with E-state index in [1.54, 1.807) is 4.68 Å². The third-order valence-electron chi connectivity index (χ3n) is 4.46. The lowest BCUT2D eigenvalue weighted by molar-refractivity contribution is -0.164. The number of nitrogens with one attached hydrogen (secondary N) is 1. The summed E-state index contributed by atoms with van der Waals surface area (Å²) in [7, 11) is 0. The zero-order valence-electron chi connectivity index (χ0n) is 15.7. The molecule has 1 amide bonds. The van der Waals surface area contributed by atoms with E-state index in [0.717, 1.165) is 13.1 Å². The van der Waals surface area contributed by atoms with Gasteiger partial charge in [-0.25, -0.2) is 4.68 Å². The third-order valence-corrected chi connectivity index (χ3v) is 4.46. The summed E-state index contributed by atoms with van der Waals surface area (Å²) in [5.41, 5.74) is -0.248. The highest BCUT2D eigenvalue weighted by Gasteiger charge is 2.42. The van der Waals surface area contributed by atoms with Gasteiger partial charge in [0.05, 0.1) is 25.5 Å². The fourth-order valence-corrected chi connectivity index (χ4v) is 2.96. The summed E-state index contributed by atoms with van der Waals surface area (Å²) in [5, 5.41) is 13.6. The summed E-state index contributed by atoms with van der Waals surface area (Å²) >= 11 is 0. The molecule has 0 bridgehead atoms. The quantitative estimate of drug-likeness (QED) is 0.692. The predicted molar refractivity (Wildman–Crippen MR) is 94.3 cm³/mol. The van der Waals surface area contributed by atoms with Crippen LogP contribution in [0.5, 0.6) is 0 Å². The Morgan fingerprint density at radius 3 is 2.76 bits per heavy atom. The summed E-state index contributed by atoms with van der Waals surface area (Å²) < 4.78 is 46.7. The summed E-state index contributed by atoms with van der Waals surface area (Å²) in [5.74, 6) is -0.0604. The summed E-state index contributed by atoms with van der Waals surface area (Å²) in [6.07, 6.45) is -3.16. The topological polar surface area (TPSA) is 98.1 Å². The van der Waals surface area contributed by atoms with E-state index in [4.69, 9.17) is 4.74 Å². The van der Waals surface area contributed by atoms with Crippen molar-refractivity contribution in [3.05, 3.63) is 35.9 Å². The molecule has 3 rings (SSSR count). The Balaban J connectivity index is 1.50. The van der Waals surface area contributed by atoms with Crippen LogP contribution in [0.4, 0.5) is 13.2 Å². The molecule has 1 atom stereocenters. The molecule has 0 unspecified atom stereocenters. The molecule has 0 aliphatic carbocycles. The molecular formula is C17H22F3N7O2. The molecule has 1 saturated heterocycles. The van der Waals surface area contributed by atoms with Crippen molar-refractivity contribution >= 4 is 5.91 Å². The van der Waals surface area contributed by atoms with Crippen LogP contribution < -0.4 is 5.32 Å². The Morgan fingerprint density at radius 2 is 2.07 bits per heavy atom. The van der Waals surface area contributed by atoms with Crippen LogP contribution in [-0.4, -0.2) is 68.5 Å². The lowest BCUT2D eigenvalue weighted by atomic mass is 10.1.